The van der Waals surface area contributed by atoms with Gasteiger partial charge in [-0.15, -0.1) is 11.8 Å². The molecule has 0 bridgehead atoms. The fourth-order valence-electron chi connectivity index (χ4n) is 3.98. The van der Waals surface area contributed by atoms with Crippen molar-refractivity contribution in [3.8, 4) is 0 Å². The number of Topliss-reactive ketones (excluding diaryl/α,β-unsaturated/α-hetero) is 1. The van der Waals surface area contributed by atoms with E-state index in [0.29, 0.717) is 18.7 Å². The number of aliphatic hydroxyl groups is 1. The zero-order chi connectivity index (χ0) is 23.4. The Labute approximate surface area is 196 Å². The van der Waals surface area contributed by atoms with Crippen LogP contribution in [0.25, 0.3) is 0 Å². The lowest BCUT2D eigenvalue weighted by Gasteiger charge is -2.26. The summed E-state index contributed by atoms with van der Waals surface area (Å²) in [5, 5.41) is 8.76. The van der Waals surface area contributed by atoms with Crippen LogP contribution in [0.3, 0.4) is 0 Å². The fourth-order valence-corrected chi connectivity index (χ4v) is 7.15. The molecule has 1 N–H and O–H groups in total. The van der Waals surface area contributed by atoms with Gasteiger partial charge in [-0.3, -0.25) is 4.79 Å². The highest BCUT2D eigenvalue weighted by Crippen LogP contribution is 2.35. The van der Waals surface area contributed by atoms with Gasteiger partial charge in [-0.25, -0.2) is 8.42 Å². The summed E-state index contributed by atoms with van der Waals surface area (Å²) in [5.74, 6) is 0.351. The van der Waals surface area contributed by atoms with Gasteiger partial charge in [-0.2, -0.15) is 4.31 Å². The fraction of sp³-hybridized carbons (Fsp3) is 0.480. The van der Waals surface area contributed by atoms with Crippen molar-refractivity contribution in [1.82, 2.24) is 4.31 Å². The van der Waals surface area contributed by atoms with E-state index in [1.807, 2.05) is 42.5 Å². The predicted molar refractivity (Wildman–Crippen MR) is 130 cm³/mol. The van der Waals surface area contributed by atoms with Crippen molar-refractivity contribution < 1.29 is 18.3 Å². The van der Waals surface area contributed by atoms with Crippen LogP contribution in [-0.2, 0) is 20.2 Å². The third-order valence-electron chi connectivity index (χ3n) is 6.45. The van der Waals surface area contributed by atoms with Crippen molar-refractivity contribution in [2.45, 2.75) is 61.6 Å². The summed E-state index contributed by atoms with van der Waals surface area (Å²) in [6.45, 7) is 6.69. The first-order valence-electron chi connectivity index (χ1n) is 11.1. The summed E-state index contributed by atoms with van der Waals surface area (Å²) in [6, 6.07) is 16.7. The van der Waals surface area contributed by atoms with Crippen molar-refractivity contribution in [3.63, 3.8) is 0 Å². The minimum absolute atomic E-state index is 0.0207. The summed E-state index contributed by atoms with van der Waals surface area (Å²) >= 11 is 1.38. The van der Waals surface area contributed by atoms with Crippen LogP contribution >= 0.6 is 11.8 Å². The number of hydrogen-bond donors (Lipinski definition) is 1. The van der Waals surface area contributed by atoms with Crippen molar-refractivity contribution in [2.75, 3.05) is 18.9 Å². The quantitative estimate of drug-likeness (QED) is 0.545. The average Bonchev–Trinajstić information content (AvgIpc) is 3.30. The maximum atomic E-state index is 13.4. The Morgan fingerprint density at radius 1 is 1.16 bits per heavy atom. The van der Waals surface area contributed by atoms with E-state index in [1.54, 1.807) is 12.1 Å². The number of benzene rings is 2. The predicted octanol–water partition coefficient (Wildman–Crippen LogP) is 4.56. The molecular weight excluding hydrogens is 442 g/mol. The second kappa shape index (κ2) is 10.5. The Morgan fingerprint density at radius 3 is 2.41 bits per heavy atom. The van der Waals surface area contributed by atoms with Crippen LogP contribution in [0.2, 0.25) is 0 Å². The number of ketones is 1. The Bertz CT molecular complexity index is 1000. The molecule has 0 unspecified atom stereocenters. The SMILES string of the molecule is CCC(C)(C)c1ccc(S(=O)(=O)N2CCS[C@H]2C(=O)C[C@@H](CCO)c2ccccc2)cc1. The number of hydrogen-bond acceptors (Lipinski definition) is 5. The van der Waals surface area contributed by atoms with E-state index in [9.17, 15) is 18.3 Å². The van der Waals surface area contributed by atoms with Crippen LogP contribution in [0.1, 0.15) is 57.1 Å². The van der Waals surface area contributed by atoms with Crippen molar-refractivity contribution in [2.24, 2.45) is 0 Å². The molecule has 0 spiro atoms. The molecule has 1 heterocycles. The van der Waals surface area contributed by atoms with E-state index in [0.717, 1.165) is 17.5 Å². The van der Waals surface area contributed by atoms with Crippen molar-refractivity contribution in [3.05, 3.63) is 65.7 Å². The lowest BCUT2D eigenvalue weighted by atomic mass is 9.82. The Morgan fingerprint density at radius 2 is 1.81 bits per heavy atom. The molecule has 3 rings (SSSR count). The highest BCUT2D eigenvalue weighted by Gasteiger charge is 2.40. The highest BCUT2D eigenvalue weighted by atomic mass is 32.2. The van der Waals surface area contributed by atoms with Crippen molar-refractivity contribution >= 4 is 27.6 Å². The van der Waals surface area contributed by atoms with Crippen LogP contribution in [0, 0.1) is 0 Å². The number of carbonyl (C=O) groups is 1. The molecule has 0 radical (unpaired) electrons. The molecule has 1 saturated heterocycles. The molecule has 0 saturated carbocycles. The third-order valence-corrected chi connectivity index (χ3v) is 9.71. The summed E-state index contributed by atoms with van der Waals surface area (Å²) in [7, 11) is -3.77. The first-order chi connectivity index (χ1) is 15.2. The van der Waals surface area contributed by atoms with Gasteiger partial charge in [0.2, 0.25) is 10.0 Å². The number of thioether (sulfide) groups is 1. The minimum Gasteiger partial charge on any atom is -0.396 e. The van der Waals surface area contributed by atoms with Crippen LogP contribution in [0.5, 0.6) is 0 Å². The van der Waals surface area contributed by atoms with Gasteiger partial charge in [-0.05, 0) is 47.4 Å². The standard InChI is InChI=1S/C25H33NO4S2/c1-4-25(2,3)21-10-12-22(13-11-21)32(29,30)26-15-17-31-24(26)23(28)18-20(14-16-27)19-8-6-5-7-9-19/h5-13,20,24,27H,4,14-18H2,1-3H3/t20-,24+/m1/s1. The number of sulfonamides is 1. The van der Waals surface area contributed by atoms with E-state index in [4.69, 9.17) is 0 Å². The Balaban J connectivity index is 1.79. The molecule has 1 fully saturated rings. The highest BCUT2D eigenvalue weighted by molar-refractivity contribution is 8.02. The molecule has 2 aromatic carbocycles. The van der Waals surface area contributed by atoms with Crippen LogP contribution in [0.15, 0.2) is 59.5 Å². The molecule has 7 heteroatoms. The third kappa shape index (κ3) is 5.45. The van der Waals surface area contributed by atoms with Gasteiger partial charge >= 0.3 is 0 Å². The van der Waals surface area contributed by atoms with Crippen LogP contribution < -0.4 is 0 Å². The van der Waals surface area contributed by atoms with Crippen LogP contribution in [0.4, 0.5) is 0 Å². The molecule has 1 aliphatic heterocycles. The summed E-state index contributed by atoms with van der Waals surface area (Å²) < 4.78 is 28.1. The zero-order valence-corrected chi connectivity index (χ0v) is 20.7. The molecule has 174 valence electrons. The molecule has 0 aromatic heterocycles. The summed E-state index contributed by atoms with van der Waals surface area (Å²) in [5.41, 5.74) is 2.06. The van der Waals surface area contributed by atoms with Gasteiger partial charge in [0, 0.05) is 25.3 Å². The van der Waals surface area contributed by atoms with E-state index < -0.39 is 15.4 Å². The Hall–Kier alpha value is -1.67. The molecular formula is C25H33NO4S2. The lowest BCUT2D eigenvalue weighted by molar-refractivity contribution is -0.120. The molecule has 5 nitrogen and oxygen atoms in total. The van der Waals surface area contributed by atoms with E-state index >= 15 is 0 Å². The Kier molecular flexibility index (Phi) is 8.20. The number of nitrogens with zero attached hydrogens (tertiary/aromatic N) is 1. The van der Waals surface area contributed by atoms with Gasteiger partial charge in [0.1, 0.15) is 5.37 Å². The normalized spacial score (nSPS) is 18.6. The summed E-state index contributed by atoms with van der Waals surface area (Å²) in [4.78, 5) is 13.4. The number of aliphatic hydroxyl groups excluding tert-OH is 1. The minimum atomic E-state index is -3.77. The maximum absolute atomic E-state index is 13.4. The maximum Gasteiger partial charge on any atom is 0.244 e. The van der Waals surface area contributed by atoms with Crippen molar-refractivity contribution in [1.29, 1.82) is 0 Å². The molecule has 1 aliphatic rings. The second-order valence-corrected chi connectivity index (χ2v) is 12.0. The van der Waals surface area contributed by atoms with E-state index in [-0.39, 0.29) is 35.0 Å². The monoisotopic (exact) mass is 475 g/mol. The summed E-state index contributed by atoms with van der Waals surface area (Å²) in [6.07, 6.45) is 1.63. The molecule has 2 atom stereocenters. The molecule has 2 aromatic rings. The average molecular weight is 476 g/mol. The smallest absolute Gasteiger partial charge is 0.244 e. The number of rotatable bonds is 10. The molecule has 0 aliphatic carbocycles. The first-order valence-corrected chi connectivity index (χ1v) is 13.6. The van der Waals surface area contributed by atoms with Gasteiger partial charge < -0.3 is 5.11 Å². The van der Waals surface area contributed by atoms with Crippen LogP contribution in [-0.4, -0.2) is 47.9 Å². The van der Waals surface area contributed by atoms with Gasteiger partial charge in [0.25, 0.3) is 0 Å². The van der Waals surface area contributed by atoms with Gasteiger partial charge in [0.05, 0.1) is 4.90 Å². The van der Waals surface area contributed by atoms with Gasteiger partial charge in [-0.1, -0.05) is 63.2 Å². The largest absolute Gasteiger partial charge is 0.396 e. The second-order valence-electron chi connectivity index (χ2n) is 8.89. The first kappa shape index (κ1) is 25.0. The van der Waals surface area contributed by atoms with E-state index in [2.05, 4.69) is 20.8 Å². The molecule has 32 heavy (non-hydrogen) atoms. The number of carbonyl (C=O) groups excluding carboxylic acids is 1. The lowest BCUT2D eigenvalue weighted by Crippen LogP contribution is -2.39. The van der Waals surface area contributed by atoms with E-state index in [1.165, 1.54) is 16.1 Å². The van der Waals surface area contributed by atoms with Gasteiger partial charge in [0.15, 0.2) is 5.78 Å². The zero-order valence-electron chi connectivity index (χ0n) is 19.0. The topological polar surface area (TPSA) is 74.7 Å². The molecule has 0 amide bonds.